The molecule has 0 aliphatic carbocycles. The number of nitrogen functional groups attached to an aromatic ring is 1. The first-order chi connectivity index (χ1) is 9.02. The molecule has 1 aromatic rings. The van der Waals surface area contributed by atoms with Gasteiger partial charge in [0.25, 0.3) is 5.91 Å². The van der Waals surface area contributed by atoms with Crippen molar-refractivity contribution < 1.29 is 4.79 Å². The highest BCUT2D eigenvalue weighted by Crippen LogP contribution is 2.26. The molecule has 2 heterocycles. The van der Waals surface area contributed by atoms with Crippen LogP contribution in [0.15, 0.2) is 12.1 Å². The Morgan fingerprint density at radius 3 is 2.95 bits per heavy atom. The van der Waals surface area contributed by atoms with Crippen molar-refractivity contribution in [3.8, 4) is 0 Å². The van der Waals surface area contributed by atoms with Crippen LogP contribution in [0.25, 0.3) is 0 Å². The number of thioether (sulfide) groups is 1. The van der Waals surface area contributed by atoms with Crippen molar-refractivity contribution in [3.63, 3.8) is 0 Å². The van der Waals surface area contributed by atoms with Gasteiger partial charge < -0.3 is 10.6 Å². The topological polar surface area (TPSA) is 59.2 Å². The van der Waals surface area contributed by atoms with E-state index >= 15 is 0 Å². The number of hydrogen-bond donors (Lipinski definition) is 1. The van der Waals surface area contributed by atoms with Crippen LogP contribution < -0.4 is 5.73 Å². The fourth-order valence-corrected chi connectivity index (χ4v) is 3.40. The minimum absolute atomic E-state index is 0.0726. The van der Waals surface area contributed by atoms with Crippen LogP contribution in [0.4, 0.5) is 5.82 Å². The van der Waals surface area contributed by atoms with Crippen LogP contribution in [0.5, 0.6) is 0 Å². The molecular weight excluding hydrogens is 258 g/mol. The molecule has 0 bridgehead atoms. The van der Waals surface area contributed by atoms with Crippen molar-refractivity contribution in [2.45, 2.75) is 38.5 Å². The summed E-state index contributed by atoms with van der Waals surface area (Å²) in [5.74, 6) is 1.50. The van der Waals surface area contributed by atoms with Crippen LogP contribution in [-0.4, -0.2) is 39.4 Å². The second-order valence-electron chi connectivity index (χ2n) is 4.94. The van der Waals surface area contributed by atoms with Crippen molar-refractivity contribution in [3.05, 3.63) is 23.4 Å². The van der Waals surface area contributed by atoms with Gasteiger partial charge in [-0.05, 0) is 25.5 Å². The van der Waals surface area contributed by atoms with Gasteiger partial charge in [0.1, 0.15) is 5.82 Å². The average Bonchev–Trinajstić information content (AvgIpc) is 2.40. The van der Waals surface area contributed by atoms with E-state index in [9.17, 15) is 4.79 Å². The molecule has 0 spiro atoms. The Bertz CT molecular complexity index is 478. The zero-order valence-corrected chi connectivity index (χ0v) is 12.5. The molecule has 104 valence electrons. The molecule has 19 heavy (non-hydrogen) atoms. The molecule has 5 heteroatoms. The lowest BCUT2D eigenvalue weighted by Crippen LogP contribution is -2.48. The Labute approximate surface area is 118 Å². The number of pyridine rings is 1. The summed E-state index contributed by atoms with van der Waals surface area (Å²) in [7, 11) is 0. The van der Waals surface area contributed by atoms with Crippen molar-refractivity contribution in [2.24, 2.45) is 0 Å². The monoisotopic (exact) mass is 279 g/mol. The first-order valence-electron chi connectivity index (χ1n) is 6.72. The molecule has 1 aromatic heterocycles. The molecule has 1 amide bonds. The Balaban J connectivity index is 2.25. The van der Waals surface area contributed by atoms with E-state index in [0.717, 1.165) is 24.4 Å². The normalized spacial score (nSPS) is 23.4. The van der Waals surface area contributed by atoms with E-state index in [0.29, 0.717) is 16.6 Å². The van der Waals surface area contributed by atoms with E-state index in [1.165, 1.54) is 0 Å². The second kappa shape index (κ2) is 5.82. The lowest BCUT2D eigenvalue weighted by molar-refractivity contribution is 0.0698. The number of hydrogen-bond acceptors (Lipinski definition) is 4. The number of aryl methyl sites for hydroxylation is 1. The molecule has 4 nitrogen and oxygen atoms in total. The third-order valence-electron chi connectivity index (χ3n) is 3.65. The molecule has 1 aliphatic rings. The van der Waals surface area contributed by atoms with Gasteiger partial charge in [-0.25, -0.2) is 4.98 Å². The molecule has 2 atom stereocenters. The van der Waals surface area contributed by atoms with Gasteiger partial charge in [0.05, 0.1) is 0 Å². The summed E-state index contributed by atoms with van der Waals surface area (Å²) in [6, 6.07) is 3.80. The molecule has 2 N–H and O–H groups in total. The van der Waals surface area contributed by atoms with E-state index in [2.05, 4.69) is 18.8 Å². The van der Waals surface area contributed by atoms with Crippen molar-refractivity contribution in [1.82, 2.24) is 9.88 Å². The molecule has 1 fully saturated rings. The van der Waals surface area contributed by atoms with Crippen LogP contribution >= 0.6 is 11.8 Å². The number of nitrogens with two attached hydrogens (primary N) is 1. The van der Waals surface area contributed by atoms with Crippen LogP contribution in [0.1, 0.15) is 36.8 Å². The fraction of sp³-hybridized carbons (Fsp3) is 0.571. The Morgan fingerprint density at radius 1 is 1.53 bits per heavy atom. The third-order valence-corrected chi connectivity index (χ3v) is 4.99. The maximum Gasteiger partial charge on any atom is 0.254 e. The first kappa shape index (κ1) is 14.2. The van der Waals surface area contributed by atoms with E-state index in [1.807, 2.05) is 29.7 Å². The highest BCUT2D eigenvalue weighted by Gasteiger charge is 2.29. The van der Waals surface area contributed by atoms with Gasteiger partial charge in [-0.1, -0.05) is 13.8 Å². The number of carbonyl (C=O) groups is 1. The fourth-order valence-electron chi connectivity index (χ4n) is 2.30. The lowest BCUT2D eigenvalue weighted by Gasteiger charge is -2.37. The van der Waals surface area contributed by atoms with Crippen molar-refractivity contribution >= 4 is 23.5 Å². The second-order valence-corrected chi connectivity index (χ2v) is 6.43. The van der Waals surface area contributed by atoms with Gasteiger partial charge in [-0.2, -0.15) is 11.8 Å². The van der Waals surface area contributed by atoms with Gasteiger partial charge in [-0.3, -0.25) is 4.79 Å². The van der Waals surface area contributed by atoms with E-state index in [-0.39, 0.29) is 11.9 Å². The van der Waals surface area contributed by atoms with Crippen LogP contribution in [0.2, 0.25) is 0 Å². The minimum Gasteiger partial charge on any atom is -0.384 e. The van der Waals surface area contributed by atoms with E-state index in [4.69, 9.17) is 5.73 Å². The van der Waals surface area contributed by atoms with E-state index < -0.39 is 0 Å². The summed E-state index contributed by atoms with van der Waals surface area (Å²) < 4.78 is 0. The van der Waals surface area contributed by atoms with Gasteiger partial charge in [0.15, 0.2) is 0 Å². The first-order valence-corrected chi connectivity index (χ1v) is 7.76. The molecule has 2 rings (SSSR count). The molecule has 2 unspecified atom stereocenters. The Morgan fingerprint density at radius 2 is 2.26 bits per heavy atom. The Kier molecular flexibility index (Phi) is 4.34. The maximum absolute atomic E-state index is 12.6. The number of aromatic nitrogens is 1. The predicted octanol–water partition coefficient (Wildman–Crippen LogP) is 2.19. The number of rotatable bonds is 2. The predicted molar refractivity (Wildman–Crippen MR) is 80.4 cm³/mol. The number of amides is 1. The summed E-state index contributed by atoms with van der Waals surface area (Å²) >= 11 is 1.92. The van der Waals surface area contributed by atoms with E-state index in [1.54, 1.807) is 6.07 Å². The van der Waals surface area contributed by atoms with Crippen molar-refractivity contribution in [2.75, 3.05) is 18.0 Å². The van der Waals surface area contributed by atoms with Crippen LogP contribution in [0, 0.1) is 0 Å². The highest BCUT2D eigenvalue weighted by molar-refractivity contribution is 8.00. The molecule has 0 aromatic carbocycles. The van der Waals surface area contributed by atoms with Gasteiger partial charge in [0, 0.05) is 34.8 Å². The van der Waals surface area contributed by atoms with Crippen LogP contribution in [-0.2, 0) is 6.42 Å². The standard InChI is InChI=1S/C14H21N3OS/c1-4-12-7-11(8-13(15)16-12)14(18)17-5-6-19-10(3)9(17)2/h7-10H,4-6H2,1-3H3,(H2,15,16). The van der Waals surface area contributed by atoms with Gasteiger partial charge >= 0.3 is 0 Å². The Hall–Kier alpha value is -1.23. The van der Waals surface area contributed by atoms with Gasteiger partial charge in [-0.15, -0.1) is 0 Å². The minimum atomic E-state index is 0.0726. The summed E-state index contributed by atoms with van der Waals surface area (Å²) in [4.78, 5) is 18.8. The zero-order valence-electron chi connectivity index (χ0n) is 11.7. The molecular formula is C14H21N3OS. The number of carbonyl (C=O) groups excluding carboxylic acids is 1. The smallest absolute Gasteiger partial charge is 0.254 e. The zero-order chi connectivity index (χ0) is 14.0. The van der Waals surface area contributed by atoms with Crippen molar-refractivity contribution in [1.29, 1.82) is 0 Å². The molecule has 0 saturated carbocycles. The maximum atomic E-state index is 12.6. The average molecular weight is 279 g/mol. The lowest BCUT2D eigenvalue weighted by atomic mass is 10.1. The molecule has 1 saturated heterocycles. The summed E-state index contributed by atoms with van der Waals surface area (Å²) in [5, 5.41) is 0.475. The largest absolute Gasteiger partial charge is 0.384 e. The summed E-state index contributed by atoms with van der Waals surface area (Å²) in [6.45, 7) is 7.10. The van der Waals surface area contributed by atoms with Gasteiger partial charge in [0.2, 0.25) is 0 Å². The van der Waals surface area contributed by atoms with Crippen LogP contribution in [0.3, 0.4) is 0 Å². The number of anilines is 1. The quantitative estimate of drug-likeness (QED) is 0.901. The SMILES string of the molecule is CCc1cc(C(=O)N2CCSC(C)C2C)cc(N)n1. The molecule has 1 aliphatic heterocycles. The highest BCUT2D eigenvalue weighted by atomic mass is 32.2. The third kappa shape index (κ3) is 3.03. The summed E-state index contributed by atoms with van der Waals surface area (Å²) in [5.41, 5.74) is 7.31. The summed E-state index contributed by atoms with van der Waals surface area (Å²) in [6.07, 6.45) is 0.785. The molecule has 0 radical (unpaired) electrons. The number of nitrogens with zero attached hydrogens (tertiary/aromatic N) is 2.